The minimum atomic E-state index is 0.0565. The van der Waals surface area contributed by atoms with Crippen LogP contribution in [0.25, 0.3) is 0 Å². The maximum atomic E-state index is 6.23. The van der Waals surface area contributed by atoms with Crippen molar-refractivity contribution in [2.24, 2.45) is 5.92 Å². The van der Waals surface area contributed by atoms with Gasteiger partial charge in [-0.1, -0.05) is 6.07 Å². The standard InChI is InChI=1S/C20H30N2O3/c1-2-8-21-18(3-1)15-24-19-13-20(25-16-19)6-9-22(10-7-20)14-17-4-11-23-12-5-17/h1-3,8,17,19H,4-7,9-16H2/t19-/m0/s1. The number of nitrogens with zero attached hydrogens (tertiary/aromatic N) is 2. The van der Waals surface area contributed by atoms with Gasteiger partial charge in [0.2, 0.25) is 0 Å². The maximum Gasteiger partial charge on any atom is 0.0892 e. The molecule has 0 unspecified atom stereocenters. The summed E-state index contributed by atoms with van der Waals surface area (Å²) in [6, 6.07) is 5.96. The molecule has 0 radical (unpaired) electrons. The van der Waals surface area contributed by atoms with Crippen molar-refractivity contribution in [3.8, 4) is 0 Å². The van der Waals surface area contributed by atoms with Crippen LogP contribution in [0.3, 0.4) is 0 Å². The van der Waals surface area contributed by atoms with E-state index < -0.39 is 0 Å². The monoisotopic (exact) mass is 346 g/mol. The van der Waals surface area contributed by atoms with E-state index in [0.29, 0.717) is 6.61 Å². The molecular weight excluding hydrogens is 316 g/mol. The zero-order valence-corrected chi connectivity index (χ0v) is 15.1. The third-order valence-corrected chi connectivity index (χ3v) is 5.99. The molecule has 5 nitrogen and oxygen atoms in total. The molecule has 0 N–H and O–H groups in total. The molecule has 3 fully saturated rings. The molecule has 1 aromatic heterocycles. The van der Waals surface area contributed by atoms with E-state index in [1.807, 2.05) is 24.4 Å². The second kappa shape index (κ2) is 8.12. The Balaban J connectivity index is 1.20. The highest BCUT2D eigenvalue weighted by Crippen LogP contribution is 2.37. The SMILES string of the molecule is c1ccc(CO[C@@H]2COC3(CCN(CC4CCOCC4)CC3)C2)nc1. The van der Waals surface area contributed by atoms with Gasteiger partial charge in [-0.15, -0.1) is 0 Å². The zero-order valence-electron chi connectivity index (χ0n) is 15.1. The number of rotatable bonds is 5. The Morgan fingerprint density at radius 3 is 2.80 bits per heavy atom. The van der Waals surface area contributed by atoms with E-state index in [1.54, 1.807) is 0 Å². The van der Waals surface area contributed by atoms with Gasteiger partial charge in [0.15, 0.2) is 0 Å². The fourth-order valence-corrected chi connectivity index (χ4v) is 4.38. The van der Waals surface area contributed by atoms with E-state index in [-0.39, 0.29) is 11.7 Å². The van der Waals surface area contributed by atoms with Gasteiger partial charge in [0, 0.05) is 45.5 Å². The molecule has 0 amide bonds. The predicted octanol–water partition coefficient (Wildman–Crippen LogP) is 2.65. The fourth-order valence-electron chi connectivity index (χ4n) is 4.38. The average molecular weight is 346 g/mol. The topological polar surface area (TPSA) is 43.8 Å². The Morgan fingerprint density at radius 1 is 1.20 bits per heavy atom. The number of piperidine rings is 1. The van der Waals surface area contributed by atoms with Gasteiger partial charge < -0.3 is 19.1 Å². The van der Waals surface area contributed by atoms with Gasteiger partial charge in [-0.3, -0.25) is 4.98 Å². The molecule has 3 saturated heterocycles. The number of hydrogen-bond acceptors (Lipinski definition) is 5. The summed E-state index contributed by atoms with van der Waals surface area (Å²) < 4.78 is 17.8. The summed E-state index contributed by atoms with van der Waals surface area (Å²) in [5, 5.41) is 0. The van der Waals surface area contributed by atoms with Crippen molar-refractivity contribution < 1.29 is 14.2 Å². The summed E-state index contributed by atoms with van der Waals surface area (Å²) in [5.74, 6) is 0.821. The largest absolute Gasteiger partial charge is 0.381 e. The molecular formula is C20H30N2O3. The Labute approximate surface area is 150 Å². The summed E-state index contributed by atoms with van der Waals surface area (Å²) in [6.45, 7) is 6.75. The smallest absolute Gasteiger partial charge is 0.0892 e. The van der Waals surface area contributed by atoms with Crippen molar-refractivity contribution in [1.29, 1.82) is 0 Å². The second-order valence-electron chi connectivity index (χ2n) is 7.81. The lowest BCUT2D eigenvalue weighted by Gasteiger charge is -2.40. The van der Waals surface area contributed by atoms with E-state index in [1.165, 1.54) is 19.4 Å². The molecule has 3 aliphatic rings. The predicted molar refractivity (Wildman–Crippen MR) is 95.3 cm³/mol. The first-order valence-corrected chi connectivity index (χ1v) is 9.77. The van der Waals surface area contributed by atoms with E-state index >= 15 is 0 Å². The van der Waals surface area contributed by atoms with E-state index in [9.17, 15) is 0 Å². The van der Waals surface area contributed by atoms with Gasteiger partial charge in [0.05, 0.1) is 30.6 Å². The van der Waals surface area contributed by atoms with Gasteiger partial charge in [0.25, 0.3) is 0 Å². The minimum absolute atomic E-state index is 0.0565. The van der Waals surface area contributed by atoms with Crippen LogP contribution in [-0.4, -0.2) is 61.0 Å². The molecule has 0 saturated carbocycles. The normalized spacial score (nSPS) is 27.8. The molecule has 3 aliphatic heterocycles. The molecule has 5 heteroatoms. The van der Waals surface area contributed by atoms with Crippen molar-refractivity contribution >= 4 is 0 Å². The Bertz CT molecular complexity index is 525. The molecule has 25 heavy (non-hydrogen) atoms. The molecule has 1 aromatic rings. The van der Waals surface area contributed by atoms with Crippen LogP contribution in [0, 0.1) is 5.92 Å². The molecule has 138 valence electrons. The Kier molecular flexibility index (Phi) is 5.66. The number of pyridine rings is 1. The third-order valence-electron chi connectivity index (χ3n) is 5.99. The first-order chi connectivity index (χ1) is 12.3. The lowest BCUT2D eigenvalue weighted by molar-refractivity contribution is -0.0503. The van der Waals surface area contributed by atoms with Crippen LogP contribution >= 0.6 is 0 Å². The van der Waals surface area contributed by atoms with Crippen LogP contribution in [0.1, 0.15) is 37.8 Å². The van der Waals surface area contributed by atoms with Gasteiger partial charge in [-0.05, 0) is 43.7 Å². The van der Waals surface area contributed by atoms with Crippen LogP contribution in [0.2, 0.25) is 0 Å². The van der Waals surface area contributed by atoms with E-state index in [0.717, 1.165) is 63.8 Å². The number of ether oxygens (including phenoxy) is 3. The van der Waals surface area contributed by atoms with E-state index in [2.05, 4.69) is 9.88 Å². The maximum absolute atomic E-state index is 6.23. The van der Waals surface area contributed by atoms with Crippen LogP contribution < -0.4 is 0 Å². The van der Waals surface area contributed by atoms with Gasteiger partial charge in [-0.2, -0.15) is 0 Å². The van der Waals surface area contributed by atoms with Crippen LogP contribution in [0.15, 0.2) is 24.4 Å². The fraction of sp³-hybridized carbons (Fsp3) is 0.750. The minimum Gasteiger partial charge on any atom is -0.381 e. The van der Waals surface area contributed by atoms with Crippen LogP contribution in [-0.2, 0) is 20.8 Å². The van der Waals surface area contributed by atoms with E-state index in [4.69, 9.17) is 14.2 Å². The first kappa shape index (κ1) is 17.4. The first-order valence-electron chi connectivity index (χ1n) is 9.77. The summed E-state index contributed by atoms with van der Waals surface area (Å²) in [6.07, 6.45) is 7.79. The second-order valence-corrected chi connectivity index (χ2v) is 7.81. The molecule has 4 heterocycles. The summed E-state index contributed by atoms with van der Waals surface area (Å²) in [7, 11) is 0. The highest BCUT2D eigenvalue weighted by Gasteiger charge is 2.43. The Morgan fingerprint density at radius 2 is 2.04 bits per heavy atom. The molecule has 4 rings (SSSR count). The lowest BCUT2D eigenvalue weighted by Crippen LogP contribution is -2.46. The van der Waals surface area contributed by atoms with Crippen molar-refractivity contribution in [3.05, 3.63) is 30.1 Å². The summed E-state index contributed by atoms with van der Waals surface area (Å²) in [4.78, 5) is 6.96. The highest BCUT2D eigenvalue weighted by atomic mass is 16.6. The number of likely N-dealkylation sites (tertiary alicyclic amines) is 1. The highest BCUT2D eigenvalue weighted by molar-refractivity contribution is 5.02. The quantitative estimate of drug-likeness (QED) is 0.820. The van der Waals surface area contributed by atoms with Crippen LogP contribution in [0.4, 0.5) is 0 Å². The molecule has 0 bridgehead atoms. The summed E-state index contributed by atoms with van der Waals surface area (Å²) >= 11 is 0. The number of hydrogen-bond donors (Lipinski definition) is 0. The lowest BCUT2D eigenvalue weighted by atomic mass is 9.87. The molecule has 0 aromatic carbocycles. The Hall–Kier alpha value is -1.01. The van der Waals surface area contributed by atoms with Crippen molar-refractivity contribution in [2.75, 3.05) is 39.5 Å². The molecule has 1 atom stereocenters. The third kappa shape index (κ3) is 4.59. The number of aromatic nitrogens is 1. The van der Waals surface area contributed by atoms with Crippen molar-refractivity contribution in [1.82, 2.24) is 9.88 Å². The van der Waals surface area contributed by atoms with Crippen molar-refractivity contribution in [3.63, 3.8) is 0 Å². The van der Waals surface area contributed by atoms with Gasteiger partial charge in [-0.25, -0.2) is 0 Å². The van der Waals surface area contributed by atoms with Crippen LogP contribution in [0.5, 0.6) is 0 Å². The van der Waals surface area contributed by atoms with Gasteiger partial charge in [0.1, 0.15) is 0 Å². The molecule has 1 spiro atoms. The molecule has 0 aliphatic carbocycles. The summed E-state index contributed by atoms with van der Waals surface area (Å²) in [5.41, 5.74) is 1.05. The zero-order chi connectivity index (χ0) is 17.0. The average Bonchev–Trinajstić information content (AvgIpc) is 3.07. The van der Waals surface area contributed by atoms with Crippen molar-refractivity contribution in [2.45, 2.75) is 50.4 Å². The van der Waals surface area contributed by atoms with Gasteiger partial charge >= 0.3 is 0 Å².